The highest BCUT2D eigenvalue weighted by molar-refractivity contribution is 5.68. The van der Waals surface area contributed by atoms with Crippen LogP contribution in [0.1, 0.15) is 33.6 Å². The average molecular weight is 216 g/mol. The fraction of sp³-hybridized carbons (Fsp3) is 0.909. The molecule has 0 fully saturated rings. The highest BCUT2D eigenvalue weighted by atomic mass is 16.4. The van der Waals surface area contributed by atoms with Gasteiger partial charge in [-0.15, -0.1) is 0 Å². The van der Waals surface area contributed by atoms with Crippen molar-refractivity contribution in [3.8, 4) is 0 Å². The Kier molecular flexibility index (Phi) is 7.34. The summed E-state index contributed by atoms with van der Waals surface area (Å²) in [4.78, 5) is 10.2. The maximum absolute atomic E-state index is 10.2. The van der Waals surface area contributed by atoms with E-state index >= 15 is 0 Å². The molecule has 0 aliphatic rings. The summed E-state index contributed by atoms with van der Waals surface area (Å²) in [6.45, 7) is 9.23. The van der Waals surface area contributed by atoms with Crippen LogP contribution in [0.5, 0.6) is 0 Å². The first-order valence-electron chi connectivity index (χ1n) is 5.61. The molecule has 0 aliphatic heterocycles. The van der Waals surface area contributed by atoms with Gasteiger partial charge >= 0.3 is 5.97 Å². The van der Waals surface area contributed by atoms with Gasteiger partial charge in [0.15, 0.2) is 0 Å². The van der Waals surface area contributed by atoms with Crippen LogP contribution in [0.25, 0.3) is 0 Å². The van der Waals surface area contributed by atoms with Crippen LogP contribution < -0.4 is 10.6 Å². The van der Waals surface area contributed by atoms with Crippen LogP contribution in [0, 0.1) is 5.41 Å². The number of hydrogen-bond donors (Lipinski definition) is 3. The molecule has 0 aromatic rings. The van der Waals surface area contributed by atoms with E-state index in [1.807, 2.05) is 0 Å². The van der Waals surface area contributed by atoms with Crippen molar-refractivity contribution in [2.75, 3.05) is 26.2 Å². The molecule has 0 aliphatic carbocycles. The standard InChI is InChI=1S/C11H24N2O2/c1-4-5-11(2,3)9-13-7-6-12-8-10(14)15/h12-13H,4-9H2,1-3H3,(H,14,15). The third kappa shape index (κ3) is 9.69. The summed E-state index contributed by atoms with van der Waals surface area (Å²) >= 11 is 0. The Bertz CT molecular complexity index is 181. The Hall–Kier alpha value is -0.610. The topological polar surface area (TPSA) is 61.4 Å². The summed E-state index contributed by atoms with van der Waals surface area (Å²) in [7, 11) is 0. The lowest BCUT2D eigenvalue weighted by Crippen LogP contribution is -2.35. The minimum absolute atomic E-state index is 0.0417. The van der Waals surface area contributed by atoms with Crippen LogP contribution in [-0.4, -0.2) is 37.3 Å². The van der Waals surface area contributed by atoms with Crippen molar-refractivity contribution >= 4 is 5.97 Å². The molecule has 0 radical (unpaired) electrons. The number of rotatable bonds is 9. The van der Waals surface area contributed by atoms with Gasteiger partial charge in [0.05, 0.1) is 6.54 Å². The molecule has 0 amide bonds. The van der Waals surface area contributed by atoms with Crippen LogP contribution in [0.4, 0.5) is 0 Å². The van der Waals surface area contributed by atoms with Gasteiger partial charge in [-0.3, -0.25) is 4.79 Å². The second-order valence-electron chi connectivity index (χ2n) is 4.66. The molecule has 0 saturated carbocycles. The third-order valence-electron chi connectivity index (χ3n) is 2.29. The van der Waals surface area contributed by atoms with Crippen molar-refractivity contribution in [2.45, 2.75) is 33.6 Å². The van der Waals surface area contributed by atoms with E-state index in [2.05, 4.69) is 31.4 Å². The Morgan fingerprint density at radius 3 is 2.40 bits per heavy atom. The second kappa shape index (κ2) is 7.65. The lowest BCUT2D eigenvalue weighted by atomic mass is 9.88. The van der Waals surface area contributed by atoms with E-state index in [0.29, 0.717) is 12.0 Å². The molecule has 0 aromatic heterocycles. The molecule has 4 nitrogen and oxygen atoms in total. The summed E-state index contributed by atoms with van der Waals surface area (Å²) in [6.07, 6.45) is 2.41. The van der Waals surface area contributed by atoms with E-state index in [1.165, 1.54) is 12.8 Å². The first-order valence-corrected chi connectivity index (χ1v) is 5.61. The van der Waals surface area contributed by atoms with Crippen molar-refractivity contribution in [3.05, 3.63) is 0 Å². The highest BCUT2D eigenvalue weighted by Crippen LogP contribution is 2.20. The summed E-state index contributed by atoms with van der Waals surface area (Å²) in [5.41, 5.74) is 0.335. The Morgan fingerprint density at radius 1 is 1.27 bits per heavy atom. The van der Waals surface area contributed by atoms with Crippen molar-refractivity contribution in [3.63, 3.8) is 0 Å². The molecule has 0 spiro atoms. The molecule has 90 valence electrons. The van der Waals surface area contributed by atoms with Gasteiger partial charge in [-0.25, -0.2) is 0 Å². The third-order valence-corrected chi connectivity index (χ3v) is 2.29. The monoisotopic (exact) mass is 216 g/mol. The molecule has 0 rings (SSSR count). The number of hydrogen-bond acceptors (Lipinski definition) is 3. The van der Waals surface area contributed by atoms with Gasteiger partial charge in [-0.2, -0.15) is 0 Å². The van der Waals surface area contributed by atoms with Gasteiger partial charge in [0.25, 0.3) is 0 Å². The van der Waals surface area contributed by atoms with Crippen LogP contribution in [-0.2, 0) is 4.79 Å². The number of carbonyl (C=O) groups is 1. The fourth-order valence-electron chi connectivity index (χ4n) is 1.56. The molecular weight excluding hydrogens is 192 g/mol. The molecule has 0 atom stereocenters. The molecule has 15 heavy (non-hydrogen) atoms. The number of carboxylic acids is 1. The zero-order valence-electron chi connectivity index (χ0n) is 10.1. The summed E-state index contributed by atoms with van der Waals surface area (Å²) in [6, 6.07) is 0. The van der Waals surface area contributed by atoms with Crippen molar-refractivity contribution in [1.82, 2.24) is 10.6 Å². The largest absolute Gasteiger partial charge is 0.480 e. The smallest absolute Gasteiger partial charge is 0.317 e. The van der Waals surface area contributed by atoms with E-state index in [9.17, 15) is 4.79 Å². The van der Waals surface area contributed by atoms with Crippen molar-refractivity contribution in [2.24, 2.45) is 5.41 Å². The van der Waals surface area contributed by atoms with Crippen LogP contribution in [0.3, 0.4) is 0 Å². The maximum Gasteiger partial charge on any atom is 0.317 e. The van der Waals surface area contributed by atoms with Crippen molar-refractivity contribution in [1.29, 1.82) is 0 Å². The first-order chi connectivity index (χ1) is 6.98. The zero-order chi connectivity index (χ0) is 11.7. The Morgan fingerprint density at radius 2 is 1.87 bits per heavy atom. The molecule has 3 N–H and O–H groups in total. The minimum atomic E-state index is -0.804. The zero-order valence-corrected chi connectivity index (χ0v) is 10.1. The van der Waals surface area contributed by atoms with Gasteiger partial charge in [0.2, 0.25) is 0 Å². The first kappa shape index (κ1) is 14.4. The molecule has 0 unspecified atom stereocenters. The van der Waals surface area contributed by atoms with E-state index in [0.717, 1.165) is 13.1 Å². The average Bonchev–Trinajstić information content (AvgIpc) is 2.10. The SMILES string of the molecule is CCCC(C)(C)CNCCNCC(=O)O. The van der Waals surface area contributed by atoms with Crippen LogP contribution in [0.2, 0.25) is 0 Å². The van der Waals surface area contributed by atoms with Crippen LogP contribution >= 0.6 is 0 Å². The van der Waals surface area contributed by atoms with E-state index in [4.69, 9.17) is 5.11 Å². The second-order valence-corrected chi connectivity index (χ2v) is 4.66. The molecule has 4 heteroatoms. The molecule has 0 bridgehead atoms. The Labute approximate surface area is 92.4 Å². The van der Waals surface area contributed by atoms with Gasteiger partial charge in [0.1, 0.15) is 0 Å². The predicted molar refractivity (Wildman–Crippen MR) is 62.1 cm³/mol. The van der Waals surface area contributed by atoms with Crippen LogP contribution in [0.15, 0.2) is 0 Å². The quantitative estimate of drug-likeness (QED) is 0.505. The van der Waals surface area contributed by atoms with Gasteiger partial charge in [-0.05, 0) is 11.8 Å². The lowest BCUT2D eigenvalue weighted by Gasteiger charge is -2.24. The summed E-state index contributed by atoms with van der Waals surface area (Å²) < 4.78 is 0. The number of aliphatic carboxylic acids is 1. The number of carboxylic acid groups (broad SMARTS) is 1. The molecule has 0 aromatic carbocycles. The normalized spacial score (nSPS) is 11.7. The molecule has 0 saturated heterocycles. The van der Waals surface area contributed by atoms with Gasteiger partial charge < -0.3 is 15.7 Å². The maximum atomic E-state index is 10.2. The van der Waals surface area contributed by atoms with Gasteiger partial charge in [-0.1, -0.05) is 27.2 Å². The summed E-state index contributed by atoms with van der Waals surface area (Å²) in [5, 5.41) is 14.6. The minimum Gasteiger partial charge on any atom is -0.480 e. The lowest BCUT2D eigenvalue weighted by molar-refractivity contribution is -0.135. The Balaban J connectivity index is 3.34. The van der Waals surface area contributed by atoms with Crippen molar-refractivity contribution < 1.29 is 9.90 Å². The van der Waals surface area contributed by atoms with E-state index < -0.39 is 5.97 Å². The highest BCUT2D eigenvalue weighted by Gasteiger charge is 2.15. The van der Waals surface area contributed by atoms with E-state index in [-0.39, 0.29) is 6.54 Å². The van der Waals surface area contributed by atoms with Gasteiger partial charge in [0, 0.05) is 19.6 Å². The molecular formula is C11H24N2O2. The predicted octanol–water partition coefficient (Wildman–Crippen LogP) is 1.08. The summed E-state index contributed by atoms with van der Waals surface area (Å²) in [5.74, 6) is -0.804. The van der Waals surface area contributed by atoms with E-state index in [1.54, 1.807) is 0 Å². The number of nitrogens with one attached hydrogen (secondary N) is 2. The molecule has 0 heterocycles. The fourth-order valence-corrected chi connectivity index (χ4v) is 1.56.